The molecule has 0 saturated carbocycles. The van der Waals surface area contributed by atoms with Gasteiger partial charge in [-0.05, 0) is 50.2 Å². The van der Waals surface area contributed by atoms with Gasteiger partial charge >= 0.3 is 6.18 Å². The summed E-state index contributed by atoms with van der Waals surface area (Å²) in [6, 6.07) is 11.8. The lowest BCUT2D eigenvalue weighted by atomic mass is 10.2. The van der Waals surface area contributed by atoms with Crippen molar-refractivity contribution in [2.24, 2.45) is 5.10 Å². The van der Waals surface area contributed by atoms with Gasteiger partial charge in [0.05, 0.1) is 16.7 Å². The van der Waals surface area contributed by atoms with Crippen molar-refractivity contribution in [1.29, 1.82) is 0 Å². The van der Waals surface area contributed by atoms with Crippen molar-refractivity contribution in [2.45, 2.75) is 20.0 Å². The van der Waals surface area contributed by atoms with E-state index in [1.165, 1.54) is 36.5 Å². The summed E-state index contributed by atoms with van der Waals surface area (Å²) in [7, 11) is 0. The smallest absolute Gasteiger partial charge is 0.318 e. The summed E-state index contributed by atoms with van der Waals surface area (Å²) in [5.74, 6) is -0.558. The maximum atomic E-state index is 13.0. The van der Waals surface area contributed by atoms with Crippen LogP contribution < -0.4 is 5.43 Å². The maximum Gasteiger partial charge on any atom is 0.416 e. The van der Waals surface area contributed by atoms with Crippen LogP contribution >= 0.6 is 0 Å². The second kappa shape index (κ2) is 8.42. The van der Waals surface area contributed by atoms with Crippen LogP contribution in [0.1, 0.15) is 32.9 Å². The van der Waals surface area contributed by atoms with Gasteiger partial charge in [0.1, 0.15) is 0 Å². The molecule has 0 aliphatic heterocycles. The number of nitro groups is 1. The van der Waals surface area contributed by atoms with E-state index in [9.17, 15) is 28.1 Å². The number of nitrogens with zero attached hydrogens (tertiary/aromatic N) is 3. The fraction of sp³-hybridized carbons (Fsp3) is 0.143. The van der Waals surface area contributed by atoms with Crippen LogP contribution in [0.4, 0.5) is 18.9 Å². The lowest BCUT2D eigenvalue weighted by Crippen LogP contribution is -2.17. The summed E-state index contributed by atoms with van der Waals surface area (Å²) >= 11 is 0. The zero-order valence-electron chi connectivity index (χ0n) is 16.5. The minimum absolute atomic E-state index is 0.137. The number of non-ortho nitro benzene ring substituents is 1. The molecule has 0 aliphatic rings. The third-order valence-corrected chi connectivity index (χ3v) is 4.61. The van der Waals surface area contributed by atoms with Crippen LogP contribution in [0.3, 0.4) is 0 Å². The minimum Gasteiger partial charge on any atom is -0.318 e. The number of alkyl halides is 3. The van der Waals surface area contributed by atoms with Crippen LogP contribution in [0.5, 0.6) is 0 Å². The van der Waals surface area contributed by atoms with E-state index in [1.807, 2.05) is 0 Å². The Morgan fingerprint density at radius 2 is 1.81 bits per heavy atom. The zero-order chi connectivity index (χ0) is 22.8. The second-order valence-corrected chi connectivity index (χ2v) is 6.71. The molecular weight excluding hydrogens is 413 g/mol. The highest BCUT2D eigenvalue weighted by molar-refractivity contribution is 5.95. The van der Waals surface area contributed by atoms with Gasteiger partial charge in [0.2, 0.25) is 0 Å². The molecule has 7 nitrogen and oxygen atoms in total. The third-order valence-electron chi connectivity index (χ3n) is 4.61. The van der Waals surface area contributed by atoms with E-state index in [0.717, 1.165) is 12.1 Å². The Labute approximate surface area is 175 Å². The highest BCUT2D eigenvalue weighted by atomic mass is 19.4. The lowest BCUT2D eigenvalue weighted by Gasteiger charge is -2.13. The predicted octanol–water partition coefficient (Wildman–Crippen LogP) is 4.79. The number of rotatable bonds is 5. The first-order valence-corrected chi connectivity index (χ1v) is 9.02. The average molecular weight is 430 g/mol. The number of nitro benzene ring substituents is 1. The van der Waals surface area contributed by atoms with Gasteiger partial charge in [-0.1, -0.05) is 6.07 Å². The van der Waals surface area contributed by atoms with E-state index in [0.29, 0.717) is 22.6 Å². The number of hydrogen-bond donors (Lipinski definition) is 1. The van der Waals surface area contributed by atoms with E-state index in [2.05, 4.69) is 10.5 Å². The second-order valence-electron chi connectivity index (χ2n) is 6.71. The first-order chi connectivity index (χ1) is 14.6. The zero-order valence-corrected chi connectivity index (χ0v) is 16.5. The van der Waals surface area contributed by atoms with Gasteiger partial charge in [-0.25, -0.2) is 5.43 Å². The van der Waals surface area contributed by atoms with Crippen LogP contribution in [0.2, 0.25) is 0 Å². The van der Waals surface area contributed by atoms with Crippen molar-refractivity contribution in [3.63, 3.8) is 0 Å². The van der Waals surface area contributed by atoms with Crippen molar-refractivity contribution < 1.29 is 22.9 Å². The van der Waals surface area contributed by atoms with E-state index in [1.54, 1.807) is 30.5 Å². The summed E-state index contributed by atoms with van der Waals surface area (Å²) in [6.45, 7) is 3.48. The Bertz CT molecular complexity index is 1170. The van der Waals surface area contributed by atoms with Crippen molar-refractivity contribution in [3.8, 4) is 5.69 Å². The van der Waals surface area contributed by atoms with Crippen molar-refractivity contribution in [1.82, 2.24) is 9.99 Å². The molecule has 1 amide bonds. The Kier molecular flexibility index (Phi) is 5.91. The fourth-order valence-corrected chi connectivity index (χ4v) is 3.10. The molecule has 1 aromatic heterocycles. The van der Waals surface area contributed by atoms with E-state index in [-0.39, 0.29) is 11.3 Å². The van der Waals surface area contributed by atoms with E-state index < -0.39 is 22.6 Å². The van der Waals surface area contributed by atoms with E-state index >= 15 is 0 Å². The largest absolute Gasteiger partial charge is 0.416 e. The Hall–Kier alpha value is -3.95. The summed E-state index contributed by atoms with van der Waals surface area (Å²) < 4.78 is 40.8. The molecular formula is C21H17F3N4O3. The highest BCUT2D eigenvalue weighted by Gasteiger charge is 2.30. The molecule has 160 valence electrons. The van der Waals surface area contributed by atoms with Crippen LogP contribution in [0.15, 0.2) is 59.7 Å². The number of nitrogens with one attached hydrogen (secondary N) is 1. The molecule has 0 fully saturated rings. The normalized spacial score (nSPS) is 11.6. The number of halogens is 3. The number of aryl methyl sites for hydroxylation is 1. The lowest BCUT2D eigenvalue weighted by molar-refractivity contribution is -0.384. The maximum absolute atomic E-state index is 13.0. The number of carbonyl (C=O) groups excluding carboxylic acids is 1. The van der Waals surface area contributed by atoms with Gasteiger partial charge in [0.25, 0.3) is 11.6 Å². The summed E-state index contributed by atoms with van der Waals surface area (Å²) in [6.07, 6.45) is -3.06. The number of benzene rings is 2. The monoisotopic (exact) mass is 430 g/mol. The highest BCUT2D eigenvalue weighted by Crippen LogP contribution is 2.31. The van der Waals surface area contributed by atoms with Crippen molar-refractivity contribution in [2.75, 3.05) is 0 Å². The molecule has 0 atom stereocenters. The van der Waals surface area contributed by atoms with Gasteiger partial charge in [0, 0.05) is 40.3 Å². The fourth-order valence-electron chi connectivity index (χ4n) is 3.10. The minimum atomic E-state index is -4.45. The molecule has 3 rings (SSSR count). The molecule has 1 heterocycles. The Morgan fingerprint density at radius 1 is 1.13 bits per heavy atom. The number of hydrazone groups is 1. The van der Waals surface area contributed by atoms with E-state index in [4.69, 9.17) is 0 Å². The molecule has 2 aromatic carbocycles. The molecule has 0 radical (unpaired) electrons. The van der Waals surface area contributed by atoms with Crippen LogP contribution in [-0.4, -0.2) is 21.6 Å². The molecule has 0 spiro atoms. The molecule has 0 unspecified atom stereocenters. The van der Waals surface area contributed by atoms with Gasteiger partial charge in [-0.2, -0.15) is 18.3 Å². The van der Waals surface area contributed by atoms with Crippen LogP contribution in [-0.2, 0) is 6.18 Å². The summed E-state index contributed by atoms with van der Waals surface area (Å²) in [4.78, 5) is 22.2. The number of aromatic nitrogens is 1. The number of carbonyl (C=O) groups is 1. The third kappa shape index (κ3) is 4.80. The molecule has 0 aliphatic carbocycles. The average Bonchev–Trinajstić information content (AvgIpc) is 3.00. The van der Waals surface area contributed by atoms with Gasteiger partial charge in [0.15, 0.2) is 0 Å². The van der Waals surface area contributed by atoms with Gasteiger partial charge in [-0.15, -0.1) is 0 Å². The van der Waals surface area contributed by atoms with Crippen molar-refractivity contribution >= 4 is 17.8 Å². The quantitative estimate of drug-likeness (QED) is 0.359. The molecule has 31 heavy (non-hydrogen) atoms. The molecule has 0 bridgehead atoms. The summed E-state index contributed by atoms with van der Waals surface area (Å²) in [5.41, 5.74) is 3.94. The molecule has 0 saturated heterocycles. The SMILES string of the molecule is Cc1cc(/C=N/NC(=O)c2ccc([N+](=O)[O-])cc2)c(C)n1-c1cccc(C(F)(F)F)c1. The number of amides is 1. The standard InChI is InChI=1S/C21H17F3N4O3/c1-13-10-16(12-25-26-20(29)15-6-8-18(9-7-15)28(30)31)14(2)27(13)19-5-3-4-17(11-19)21(22,23)24/h3-12H,1-2H3,(H,26,29)/b25-12+. The van der Waals surface area contributed by atoms with Gasteiger partial charge < -0.3 is 4.57 Å². The predicted molar refractivity (Wildman–Crippen MR) is 108 cm³/mol. The van der Waals surface area contributed by atoms with Gasteiger partial charge in [-0.3, -0.25) is 14.9 Å². The molecule has 1 N–H and O–H groups in total. The van der Waals surface area contributed by atoms with Crippen LogP contribution in [0, 0.1) is 24.0 Å². The first kappa shape index (κ1) is 21.8. The first-order valence-electron chi connectivity index (χ1n) is 9.02. The van der Waals surface area contributed by atoms with Crippen LogP contribution in [0.25, 0.3) is 5.69 Å². The Balaban J connectivity index is 1.79. The number of hydrogen-bond acceptors (Lipinski definition) is 4. The molecule has 3 aromatic rings. The Morgan fingerprint density at radius 3 is 2.42 bits per heavy atom. The molecule has 10 heteroatoms. The van der Waals surface area contributed by atoms with Crippen molar-refractivity contribution in [3.05, 3.63) is 92.8 Å². The topological polar surface area (TPSA) is 89.5 Å². The summed E-state index contributed by atoms with van der Waals surface area (Å²) in [5, 5.41) is 14.6.